The largest absolute Gasteiger partial charge is 0.351 e. The fourth-order valence-corrected chi connectivity index (χ4v) is 8.81. The molecule has 4 bridgehead atoms. The van der Waals surface area contributed by atoms with Crippen molar-refractivity contribution in [2.75, 3.05) is 26.2 Å². The van der Waals surface area contributed by atoms with E-state index in [1.165, 1.54) is 35.5 Å². The van der Waals surface area contributed by atoms with Gasteiger partial charge in [0, 0.05) is 50.8 Å². The number of amides is 2. The summed E-state index contributed by atoms with van der Waals surface area (Å²) in [6, 6.07) is 4.87. The maximum Gasteiger partial charge on any atom is 0.269 e. The van der Waals surface area contributed by atoms with Crippen molar-refractivity contribution in [1.82, 2.24) is 14.5 Å². The summed E-state index contributed by atoms with van der Waals surface area (Å²) in [5, 5.41) is 14.0. The van der Waals surface area contributed by atoms with Crippen molar-refractivity contribution < 1.29 is 22.9 Å². The highest BCUT2D eigenvalue weighted by Crippen LogP contribution is 2.62. The summed E-state index contributed by atoms with van der Waals surface area (Å²) in [6.45, 7) is 2.54. The maximum atomic E-state index is 13.8. The third-order valence-electron chi connectivity index (χ3n) is 8.17. The lowest BCUT2D eigenvalue weighted by Crippen LogP contribution is -2.66. The highest BCUT2D eigenvalue weighted by atomic mass is 32.2. The van der Waals surface area contributed by atoms with Crippen molar-refractivity contribution in [2.45, 2.75) is 55.9 Å². The van der Waals surface area contributed by atoms with Crippen molar-refractivity contribution >= 4 is 27.5 Å². The van der Waals surface area contributed by atoms with Crippen LogP contribution in [-0.4, -0.2) is 66.1 Å². The van der Waals surface area contributed by atoms with E-state index in [4.69, 9.17) is 0 Å². The van der Waals surface area contributed by atoms with Gasteiger partial charge in [-0.3, -0.25) is 19.7 Å². The minimum absolute atomic E-state index is 0.0104. The van der Waals surface area contributed by atoms with Gasteiger partial charge in [-0.2, -0.15) is 4.31 Å². The number of nitrogens with zero attached hydrogens (tertiary/aromatic N) is 3. The molecule has 0 aromatic heterocycles. The van der Waals surface area contributed by atoms with Gasteiger partial charge in [0.15, 0.2) is 0 Å². The van der Waals surface area contributed by atoms with Gasteiger partial charge >= 0.3 is 0 Å². The third kappa shape index (κ3) is 3.88. The molecule has 34 heavy (non-hydrogen) atoms. The highest BCUT2D eigenvalue weighted by molar-refractivity contribution is 7.89. The van der Waals surface area contributed by atoms with Crippen LogP contribution in [0.3, 0.4) is 0 Å². The van der Waals surface area contributed by atoms with Crippen LogP contribution in [0.25, 0.3) is 0 Å². The third-order valence-corrected chi connectivity index (χ3v) is 10.1. The van der Waals surface area contributed by atoms with Crippen molar-refractivity contribution in [3.8, 4) is 0 Å². The first-order valence-corrected chi connectivity index (χ1v) is 13.3. The van der Waals surface area contributed by atoms with Crippen molar-refractivity contribution in [3.05, 3.63) is 34.4 Å². The van der Waals surface area contributed by atoms with Gasteiger partial charge in [0.2, 0.25) is 21.8 Å². The molecule has 1 aromatic carbocycles. The molecule has 2 atom stereocenters. The van der Waals surface area contributed by atoms with Crippen LogP contribution in [0.1, 0.15) is 45.4 Å². The van der Waals surface area contributed by atoms with E-state index in [1.54, 1.807) is 4.90 Å². The van der Waals surface area contributed by atoms with E-state index in [-0.39, 0.29) is 41.0 Å². The Kier molecular flexibility index (Phi) is 5.47. The first-order valence-electron chi connectivity index (χ1n) is 11.8. The molecular weight excluding hydrogens is 460 g/mol. The van der Waals surface area contributed by atoms with Gasteiger partial charge in [0.1, 0.15) is 0 Å². The lowest BCUT2D eigenvalue weighted by atomic mass is 9.46. The summed E-state index contributed by atoms with van der Waals surface area (Å²) in [7, 11) is -3.80. The average molecular weight is 491 g/mol. The zero-order chi connectivity index (χ0) is 24.3. The minimum atomic E-state index is -3.80. The Hall–Kier alpha value is -2.53. The highest BCUT2D eigenvalue weighted by Gasteiger charge is 2.61. The summed E-state index contributed by atoms with van der Waals surface area (Å²) in [6.07, 6.45) is 5.39. The van der Waals surface area contributed by atoms with E-state index in [2.05, 4.69) is 5.32 Å². The molecule has 184 valence electrons. The zero-order valence-corrected chi connectivity index (χ0v) is 20.1. The standard InChI is InChI=1S/C23H30N4O6S/c1-16(28)24-23-13-17-10-18(14-23)12-22(11-17,15-23)21(29)25-6-8-26(9-7-25)34(32,33)20-4-2-19(3-5-20)27(30)31/h2-5,17-18H,6-15H2,1H3,(H,24,28)/t17-,18-,22?,23?/m0/s1. The predicted molar refractivity (Wildman–Crippen MR) is 122 cm³/mol. The Bertz CT molecular complexity index is 1110. The maximum absolute atomic E-state index is 13.8. The number of nitro groups is 1. The molecule has 1 aromatic rings. The van der Waals surface area contributed by atoms with Crippen LogP contribution in [0.5, 0.6) is 0 Å². The van der Waals surface area contributed by atoms with E-state index in [0.29, 0.717) is 31.3 Å². The number of sulfonamides is 1. The molecule has 10 nitrogen and oxygen atoms in total. The molecule has 1 aliphatic heterocycles. The van der Waals surface area contributed by atoms with Crippen LogP contribution in [0.4, 0.5) is 5.69 Å². The van der Waals surface area contributed by atoms with Gasteiger partial charge < -0.3 is 10.2 Å². The quantitative estimate of drug-likeness (QED) is 0.496. The van der Waals surface area contributed by atoms with Crippen molar-refractivity contribution in [3.63, 3.8) is 0 Å². The van der Waals surface area contributed by atoms with Crippen LogP contribution in [0, 0.1) is 27.4 Å². The van der Waals surface area contributed by atoms with Crippen LogP contribution in [-0.2, 0) is 19.6 Å². The van der Waals surface area contributed by atoms with E-state index in [1.807, 2.05) is 0 Å². The molecular formula is C23H30N4O6S. The van der Waals surface area contributed by atoms with Gasteiger partial charge in [-0.1, -0.05) is 0 Å². The molecule has 5 fully saturated rings. The SMILES string of the molecule is CC(=O)NC12C[C@H]3C[C@H](C1)CC(C(=O)N1CCN(S(=O)(=O)c4ccc([N+](=O)[O-])cc4)CC1)(C3)C2. The first-order chi connectivity index (χ1) is 16.0. The molecule has 2 amide bonds. The summed E-state index contributed by atoms with van der Waals surface area (Å²) in [5.41, 5.74) is -0.916. The summed E-state index contributed by atoms with van der Waals surface area (Å²) >= 11 is 0. The van der Waals surface area contributed by atoms with Gasteiger partial charge in [-0.25, -0.2) is 8.42 Å². The minimum Gasteiger partial charge on any atom is -0.351 e. The molecule has 11 heteroatoms. The fraction of sp³-hybridized carbons (Fsp3) is 0.652. The Balaban J connectivity index is 1.28. The summed E-state index contributed by atoms with van der Waals surface area (Å²) < 4.78 is 27.4. The Morgan fingerprint density at radius 1 is 1.03 bits per heavy atom. The Labute approximate surface area is 198 Å². The van der Waals surface area contributed by atoms with E-state index < -0.39 is 20.4 Å². The number of piperazine rings is 1. The van der Waals surface area contributed by atoms with Gasteiger partial charge in [0.05, 0.1) is 15.2 Å². The van der Waals surface area contributed by atoms with Crippen molar-refractivity contribution in [1.29, 1.82) is 0 Å². The predicted octanol–water partition coefficient (Wildman–Crippen LogP) is 1.90. The van der Waals surface area contributed by atoms with Crippen LogP contribution in [0.15, 0.2) is 29.2 Å². The molecule has 4 saturated carbocycles. The number of non-ortho nitro benzene ring substituents is 1. The molecule has 1 heterocycles. The number of hydrogen-bond donors (Lipinski definition) is 1. The smallest absolute Gasteiger partial charge is 0.269 e. The van der Waals surface area contributed by atoms with Crippen LogP contribution < -0.4 is 5.32 Å². The van der Waals surface area contributed by atoms with Gasteiger partial charge in [-0.15, -0.1) is 0 Å². The van der Waals surface area contributed by atoms with E-state index in [0.717, 1.165) is 32.1 Å². The zero-order valence-electron chi connectivity index (χ0n) is 19.2. The molecule has 4 aliphatic carbocycles. The lowest BCUT2D eigenvalue weighted by molar-refractivity contribution is -0.384. The second kappa shape index (κ2) is 8.01. The van der Waals surface area contributed by atoms with Crippen LogP contribution in [0.2, 0.25) is 0 Å². The average Bonchev–Trinajstić information content (AvgIpc) is 2.77. The first kappa shape index (κ1) is 23.2. The van der Waals surface area contributed by atoms with E-state index >= 15 is 0 Å². The molecule has 0 spiro atoms. The second-order valence-electron chi connectivity index (χ2n) is 10.7. The fourth-order valence-electron chi connectivity index (χ4n) is 7.39. The second-order valence-corrected chi connectivity index (χ2v) is 12.6. The molecule has 6 rings (SSSR count). The summed E-state index contributed by atoms with van der Waals surface area (Å²) in [5.74, 6) is 0.944. The molecule has 0 unspecified atom stereocenters. The number of rotatable bonds is 5. The number of benzene rings is 1. The number of nitro benzene ring substituents is 1. The monoisotopic (exact) mass is 490 g/mol. The van der Waals surface area contributed by atoms with E-state index in [9.17, 15) is 28.1 Å². The normalized spacial score (nSPS) is 33.0. The van der Waals surface area contributed by atoms with Crippen molar-refractivity contribution in [2.24, 2.45) is 17.3 Å². The summed E-state index contributed by atoms with van der Waals surface area (Å²) in [4.78, 5) is 37.8. The molecule has 0 radical (unpaired) electrons. The number of hydrogen-bond acceptors (Lipinski definition) is 6. The van der Waals surface area contributed by atoms with Crippen LogP contribution >= 0.6 is 0 Å². The molecule has 1 saturated heterocycles. The number of carbonyl (C=O) groups excluding carboxylic acids is 2. The number of nitrogens with one attached hydrogen (secondary N) is 1. The number of carbonyl (C=O) groups is 2. The Morgan fingerprint density at radius 2 is 1.62 bits per heavy atom. The van der Waals surface area contributed by atoms with Gasteiger partial charge in [0.25, 0.3) is 5.69 Å². The molecule has 1 N–H and O–H groups in total. The Morgan fingerprint density at radius 3 is 2.15 bits per heavy atom. The molecule has 5 aliphatic rings. The lowest BCUT2D eigenvalue weighted by Gasteiger charge is -2.62. The van der Waals surface area contributed by atoms with Gasteiger partial charge in [-0.05, 0) is 62.5 Å². The topological polar surface area (TPSA) is 130 Å².